The Morgan fingerprint density at radius 2 is 1.83 bits per heavy atom. The normalized spacial score (nSPS) is 17.2. The van der Waals surface area contributed by atoms with Gasteiger partial charge in [0.2, 0.25) is 0 Å². The fraction of sp³-hybridized carbons (Fsp3) is 0.591. The number of benzene rings is 1. The van der Waals surface area contributed by atoms with Crippen LogP contribution in [-0.2, 0) is 26.6 Å². The molecule has 1 aromatic heterocycles. The van der Waals surface area contributed by atoms with E-state index in [1.807, 2.05) is 18.5 Å². The lowest BCUT2D eigenvalue weighted by atomic mass is 9.99. The monoisotopic (exact) mass is 412 g/mol. The van der Waals surface area contributed by atoms with Gasteiger partial charge in [0, 0.05) is 26.2 Å². The Hall–Kier alpha value is -2.77. The molecule has 1 fully saturated rings. The van der Waals surface area contributed by atoms with Gasteiger partial charge in [0.25, 0.3) is 0 Å². The van der Waals surface area contributed by atoms with E-state index < -0.39 is 0 Å². The summed E-state index contributed by atoms with van der Waals surface area (Å²) in [6.07, 6.45) is 5.93. The summed E-state index contributed by atoms with van der Waals surface area (Å²) in [6.45, 7) is 4.19. The topological polar surface area (TPSA) is 76.8 Å². The molecule has 1 N–H and O–H groups in total. The highest BCUT2D eigenvalue weighted by atomic mass is 16.5. The van der Waals surface area contributed by atoms with Crippen molar-refractivity contribution < 1.29 is 9.47 Å². The van der Waals surface area contributed by atoms with Crippen molar-refractivity contribution in [3.8, 4) is 11.5 Å². The quantitative estimate of drug-likeness (QED) is 0.601. The van der Waals surface area contributed by atoms with Gasteiger partial charge in [-0.05, 0) is 49.4 Å². The first-order chi connectivity index (χ1) is 14.6. The molecule has 0 bridgehead atoms. The van der Waals surface area contributed by atoms with Gasteiger partial charge in [-0.1, -0.05) is 12.8 Å². The molecular weight excluding hydrogens is 380 g/mol. The van der Waals surface area contributed by atoms with Crippen LogP contribution in [0.25, 0.3) is 0 Å². The van der Waals surface area contributed by atoms with Crippen molar-refractivity contribution in [2.45, 2.75) is 58.2 Å². The van der Waals surface area contributed by atoms with Crippen LogP contribution in [0.5, 0.6) is 11.5 Å². The Balaban J connectivity index is 1.57. The predicted octanol–water partition coefficient (Wildman–Crippen LogP) is 2.59. The van der Waals surface area contributed by atoms with Crippen LogP contribution in [-0.4, -0.2) is 52.4 Å². The van der Waals surface area contributed by atoms with Crippen molar-refractivity contribution >= 4 is 5.96 Å². The van der Waals surface area contributed by atoms with E-state index in [-0.39, 0.29) is 0 Å². The number of rotatable bonds is 5. The Bertz CT molecular complexity index is 917. The Morgan fingerprint density at radius 1 is 1.13 bits per heavy atom. The molecule has 0 amide bonds. The number of guanidine groups is 1. The number of aliphatic imine (C=N–C) groups is 1. The van der Waals surface area contributed by atoms with Crippen LogP contribution in [0.3, 0.4) is 0 Å². The minimum Gasteiger partial charge on any atom is -0.493 e. The van der Waals surface area contributed by atoms with Crippen molar-refractivity contribution in [3.63, 3.8) is 0 Å². The third kappa shape index (κ3) is 4.22. The number of aryl methyl sites for hydroxylation is 1. The minimum absolute atomic E-state index is 0.497. The lowest BCUT2D eigenvalue weighted by molar-refractivity contribution is 0.344. The third-order valence-corrected chi connectivity index (χ3v) is 6.26. The average Bonchev–Trinajstić information content (AvgIpc) is 3.40. The molecule has 0 unspecified atom stereocenters. The minimum atomic E-state index is 0.497. The van der Waals surface area contributed by atoms with Crippen molar-refractivity contribution in [2.75, 3.05) is 20.8 Å². The predicted molar refractivity (Wildman–Crippen MR) is 116 cm³/mol. The number of hydrogen-bond acceptors (Lipinski definition) is 5. The van der Waals surface area contributed by atoms with E-state index in [0.29, 0.717) is 12.6 Å². The summed E-state index contributed by atoms with van der Waals surface area (Å²) in [5.41, 5.74) is 2.57. The van der Waals surface area contributed by atoms with Crippen LogP contribution in [0.4, 0.5) is 0 Å². The standard InChI is InChI=1S/C22H32N6O2/c1-15-25-26-21(27(15)2)13-23-22(24-18-7-5-6-8-18)28-10-9-16-11-19(29-3)20(30-4)12-17(16)14-28/h11-12,18H,5-10,13-14H2,1-4H3,(H,23,24). The van der Waals surface area contributed by atoms with Gasteiger partial charge < -0.3 is 24.3 Å². The number of nitrogens with zero attached hydrogens (tertiary/aromatic N) is 5. The zero-order chi connectivity index (χ0) is 21.1. The maximum atomic E-state index is 5.52. The molecule has 2 heterocycles. The number of aromatic nitrogens is 3. The maximum absolute atomic E-state index is 5.52. The summed E-state index contributed by atoms with van der Waals surface area (Å²) in [6, 6.07) is 4.70. The van der Waals surface area contributed by atoms with E-state index in [2.05, 4.69) is 32.5 Å². The second-order valence-corrected chi connectivity index (χ2v) is 8.14. The van der Waals surface area contributed by atoms with E-state index in [1.54, 1.807) is 14.2 Å². The lowest BCUT2D eigenvalue weighted by Crippen LogP contribution is -2.47. The molecule has 4 rings (SSSR count). The van der Waals surface area contributed by atoms with Gasteiger partial charge in [0.05, 0.1) is 14.2 Å². The van der Waals surface area contributed by atoms with E-state index in [0.717, 1.165) is 48.6 Å². The second-order valence-electron chi connectivity index (χ2n) is 8.14. The Kier molecular flexibility index (Phi) is 6.11. The number of nitrogens with one attached hydrogen (secondary N) is 1. The van der Waals surface area contributed by atoms with Crippen LogP contribution >= 0.6 is 0 Å². The highest BCUT2D eigenvalue weighted by molar-refractivity contribution is 5.80. The number of methoxy groups -OCH3 is 2. The van der Waals surface area contributed by atoms with E-state index in [9.17, 15) is 0 Å². The van der Waals surface area contributed by atoms with Gasteiger partial charge in [0.15, 0.2) is 23.3 Å². The first-order valence-electron chi connectivity index (χ1n) is 10.7. The van der Waals surface area contributed by atoms with Gasteiger partial charge in [0.1, 0.15) is 12.4 Å². The summed E-state index contributed by atoms with van der Waals surface area (Å²) >= 11 is 0. The van der Waals surface area contributed by atoms with Gasteiger partial charge >= 0.3 is 0 Å². The van der Waals surface area contributed by atoms with Gasteiger partial charge in [-0.25, -0.2) is 4.99 Å². The Labute approximate surface area is 178 Å². The molecule has 0 saturated heterocycles. The summed E-state index contributed by atoms with van der Waals surface area (Å²) in [4.78, 5) is 7.30. The molecule has 2 aromatic rings. The number of fused-ring (bicyclic) bond motifs is 1. The highest BCUT2D eigenvalue weighted by Crippen LogP contribution is 2.33. The molecule has 8 heteroatoms. The van der Waals surface area contributed by atoms with Gasteiger partial charge in [-0.3, -0.25) is 0 Å². The van der Waals surface area contributed by atoms with Gasteiger partial charge in [-0.2, -0.15) is 0 Å². The van der Waals surface area contributed by atoms with Crippen LogP contribution < -0.4 is 14.8 Å². The molecule has 0 spiro atoms. The maximum Gasteiger partial charge on any atom is 0.194 e. The lowest BCUT2D eigenvalue weighted by Gasteiger charge is -2.33. The first kappa shape index (κ1) is 20.5. The highest BCUT2D eigenvalue weighted by Gasteiger charge is 2.24. The molecule has 2 aliphatic rings. The van der Waals surface area contributed by atoms with Crippen LogP contribution in [0.15, 0.2) is 17.1 Å². The summed E-state index contributed by atoms with van der Waals surface area (Å²) < 4.78 is 13.0. The van der Waals surface area contributed by atoms with E-state index >= 15 is 0 Å². The molecule has 30 heavy (non-hydrogen) atoms. The van der Waals surface area contributed by atoms with Crippen molar-refractivity contribution in [2.24, 2.45) is 12.0 Å². The summed E-state index contributed by atoms with van der Waals surface area (Å²) in [7, 11) is 5.35. The zero-order valence-electron chi connectivity index (χ0n) is 18.4. The van der Waals surface area contributed by atoms with E-state index in [1.165, 1.54) is 36.8 Å². The molecule has 0 atom stereocenters. The van der Waals surface area contributed by atoms with Gasteiger partial charge in [-0.15, -0.1) is 10.2 Å². The second kappa shape index (κ2) is 8.93. The van der Waals surface area contributed by atoms with Crippen LogP contribution in [0.1, 0.15) is 48.5 Å². The average molecular weight is 413 g/mol. The Morgan fingerprint density at radius 3 is 2.47 bits per heavy atom. The zero-order valence-corrected chi connectivity index (χ0v) is 18.4. The first-order valence-corrected chi connectivity index (χ1v) is 10.7. The molecule has 1 aliphatic carbocycles. The van der Waals surface area contributed by atoms with E-state index in [4.69, 9.17) is 14.5 Å². The van der Waals surface area contributed by atoms with Crippen molar-refractivity contribution in [1.29, 1.82) is 0 Å². The SMILES string of the molecule is COc1cc2c(cc1OC)CN(C(=NCc1nnc(C)n1C)NC1CCCC1)CC2. The smallest absolute Gasteiger partial charge is 0.194 e. The summed E-state index contributed by atoms with van der Waals surface area (Å²) in [5, 5.41) is 12.2. The summed E-state index contributed by atoms with van der Waals surface area (Å²) in [5.74, 6) is 4.30. The molecule has 1 aromatic carbocycles. The van der Waals surface area contributed by atoms with Crippen molar-refractivity contribution in [1.82, 2.24) is 25.0 Å². The van der Waals surface area contributed by atoms with Crippen LogP contribution in [0.2, 0.25) is 0 Å². The largest absolute Gasteiger partial charge is 0.493 e. The van der Waals surface area contributed by atoms with Crippen molar-refractivity contribution in [3.05, 3.63) is 34.9 Å². The third-order valence-electron chi connectivity index (χ3n) is 6.26. The molecule has 1 saturated carbocycles. The molecule has 162 valence electrons. The number of hydrogen-bond donors (Lipinski definition) is 1. The molecule has 0 radical (unpaired) electrons. The molecule has 8 nitrogen and oxygen atoms in total. The molecular formula is C22H32N6O2. The molecule has 1 aliphatic heterocycles. The fourth-order valence-corrected chi connectivity index (χ4v) is 4.29. The fourth-order valence-electron chi connectivity index (χ4n) is 4.29. The number of ether oxygens (including phenoxy) is 2. The van der Waals surface area contributed by atoms with Crippen LogP contribution in [0, 0.1) is 6.92 Å².